The Morgan fingerprint density at radius 1 is 1.45 bits per heavy atom. The molecule has 2 saturated heterocycles. The van der Waals surface area contributed by atoms with Crippen molar-refractivity contribution in [3.8, 4) is 0 Å². The summed E-state index contributed by atoms with van der Waals surface area (Å²) in [6, 6.07) is 0. The molecule has 0 radical (unpaired) electrons. The quantitative estimate of drug-likeness (QED) is 0.872. The third kappa shape index (κ3) is 3.27. The first kappa shape index (κ1) is 15.0. The molecule has 0 aliphatic carbocycles. The first-order valence-electron chi connectivity index (χ1n) is 7.50. The maximum atomic E-state index is 13.8. The molecule has 1 unspecified atom stereocenters. The SMILES string of the molecule is CN1CC(CNc2ncc(F)c(N3CCCC3)n2)OCC1=O. The second kappa shape index (κ2) is 6.43. The molecule has 3 rings (SSSR count). The van der Waals surface area contributed by atoms with E-state index in [0.717, 1.165) is 25.9 Å². The Kier molecular flexibility index (Phi) is 4.37. The van der Waals surface area contributed by atoms with Crippen LogP contribution in [-0.4, -0.2) is 66.7 Å². The summed E-state index contributed by atoms with van der Waals surface area (Å²) in [5.74, 6) is 0.315. The smallest absolute Gasteiger partial charge is 0.248 e. The van der Waals surface area contributed by atoms with Gasteiger partial charge in [0.25, 0.3) is 0 Å². The Balaban J connectivity index is 1.60. The number of ether oxygens (including phenoxy) is 1. The summed E-state index contributed by atoms with van der Waals surface area (Å²) in [6.07, 6.45) is 3.19. The highest BCUT2D eigenvalue weighted by molar-refractivity contribution is 5.77. The van der Waals surface area contributed by atoms with Gasteiger partial charge in [-0.2, -0.15) is 4.98 Å². The molecular weight excluding hydrogens is 289 g/mol. The Morgan fingerprint density at radius 2 is 2.23 bits per heavy atom. The molecule has 1 aromatic rings. The van der Waals surface area contributed by atoms with Gasteiger partial charge in [0.2, 0.25) is 11.9 Å². The molecule has 2 aliphatic rings. The average Bonchev–Trinajstić information content (AvgIpc) is 3.04. The van der Waals surface area contributed by atoms with Gasteiger partial charge >= 0.3 is 0 Å². The van der Waals surface area contributed by atoms with Crippen molar-refractivity contribution in [3.63, 3.8) is 0 Å². The molecule has 0 bridgehead atoms. The minimum absolute atomic E-state index is 0.0226. The van der Waals surface area contributed by atoms with Crippen molar-refractivity contribution < 1.29 is 13.9 Å². The third-order valence-electron chi connectivity index (χ3n) is 3.96. The molecular formula is C14H20FN5O2. The van der Waals surface area contributed by atoms with Gasteiger partial charge < -0.3 is 19.9 Å². The van der Waals surface area contributed by atoms with E-state index in [9.17, 15) is 9.18 Å². The van der Waals surface area contributed by atoms with Crippen molar-refractivity contribution in [1.82, 2.24) is 14.9 Å². The standard InChI is InChI=1S/C14H20FN5O2/c1-19-8-10(22-9-12(19)21)6-16-14-17-7-11(15)13(18-14)20-4-2-3-5-20/h7,10H,2-6,8-9H2,1H3,(H,16,17,18). The molecule has 3 heterocycles. The van der Waals surface area contributed by atoms with E-state index in [1.807, 2.05) is 4.90 Å². The van der Waals surface area contributed by atoms with E-state index in [4.69, 9.17) is 4.74 Å². The molecule has 8 heteroatoms. The summed E-state index contributed by atoms with van der Waals surface area (Å²) in [6.45, 7) is 2.74. The number of morpholine rings is 1. The van der Waals surface area contributed by atoms with E-state index < -0.39 is 5.82 Å². The Hall–Kier alpha value is -1.96. The Morgan fingerprint density at radius 3 is 2.95 bits per heavy atom. The lowest BCUT2D eigenvalue weighted by Gasteiger charge is -2.30. The Bertz CT molecular complexity index is 550. The molecule has 2 fully saturated rings. The van der Waals surface area contributed by atoms with Gasteiger partial charge in [0.05, 0.1) is 12.3 Å². The number of carbonyl (C=O) groups excluding carboxylic acids is 1. The van der Waals surface area contributed by atoms with E-state index in [-0.39, 0.29) is 18.6 Å². The van der Waals surface area contributed by atoms with Gasteiger partial charge in [0.1, 0.15) is 6.61 Å². The van der Waals surface area contributed by atoms with Gasteiger partial charge in [-0.25, -0.2) is 9.37 Å². The average molecular weight is 309 g/mol. The number of aromatic nitrogens is 2. The maximum absolute atomic E-state index is 13.8. The lowest BCUT2D eigenvalue weighted by molar-refractivity contribution is -0.145. The number of carbonyl (C=O) groups is 1. The van der Waals surface area contributed by atoms with E-state index >= 15 is 0 Å². The Labute approximate surface area is 128 Å². The molecule has 7 nitrogen and oxygen atoms in total. The molecule has 1 N–H and O–H groups in total. The molecule has 0 spiro atoms. The second-order valence-corrected chi connectivity index (χ2v) is 5.65. The van der Waals surface area contributed by atoms with Crippen LogP contribution >= 0.6 is 0 Å². The summed E-state index contributed by atoms with van der Waals surface area (Å²) in [7, 11) is 1.75. The van der Waals surface area contributed by atoms with Crippen molar-refractivity contribution in [2.24, 2.45) is 0 Å². The number of halogens is 1. The van der Waals surface area contributed by atoms with Crippen LogP contribution in [0.4, 0.5) is 16.2 Å². The van der Waals surface area contributed by atoms with Crippen LogP contribution < -0.4 is 10.2 Å². The highest BCUT2D eigenvalue weighted by Crippen LogP contribution is 2.21. The summed E-state index contributed by atoms with van der Waals surface area (Å²) in [5, 5.41) is 3.06. The number of nitrogens with one attached hydrogen (secondary N) is 1. The van der Waals surface area contributed by atoms with E-state index in [1.54, 1.807) is 11.9 Å². The predicted octanol–water partition coefficient (Wildman–Crippen LogP) is 0.485. The first-order valence-corrected chi connectivity index (χ1v) is 7.50. The maximum Gasteiger partial charge on any atom is 0.248 e. The van der Waals surface area contributed by atoms with Gasteiger partial charge in [-0.1, -0.05) is 0 Å². The number of likely N-dealkylation sites (N-methyl/N-ethyl adjacent to an activating group) is 1. The van der Waals surface area contributed by atoms with Gasteiger partial charge in [-0.3, -0.25) is 4.79 Å². The number of hydrogen-bond acceptors (Lipinski definition) is 6. The summed E-state index contributed by atoms with van der Waals surface area (Å²) >= 11 is 0. The summed E-state index contributed by atoms with van der Waals surface area (Å²) in [4.78, 5) is 23.2. The third-order valence-corrected chi connectivity index (χ3v) is 3.96. The van der Waals surface area contributed by atoms with E-state index in [1.165, 1.54) is 6.20 Å². The predicted molar refractivity (Wildman–Crippen MR) is 79.3 cm³/mol. The van der Waals surface area contributed by atoms with Crippen LogP contribution in [0.1, 0.15) is 12.8 Å². The highest BCUT2D eigenvalue weighted by atomic mass is 19.1. The molecule has 22 heavy (non-hydrogen) atoms. The lowest BCUT2D eigenvalue weighted by atomic mass is 10.3. The van der Waals surface area contributed by atoms with Crippen molar-refractivity contribution in [2.75, 3.05) is 50.1 Å². The molecule has 2 aliphatic heterocycles. The fourth-order valence-corrected chi connectivity index (χ4v) is 2.68. The zero-order valence-corrected chi connectivity index (χ0v) is 12.6. The van der Waals surface area contributed by atoms with E-state index in [2.05, 4.69) is 15.3 Å². The number of hydrogen-bond donors (Lipinski definition) is 1. The minimum Gasteiger partial charge on any atom is -0.365 e. The van der Waals surface area contributed by atoms with Gasteiger partial charge in [-0.15, -0.1) is 0 Å². The first-order chi connectivity index (χ1) is 10.6. The molecule has 1 amide bonds. The van der Waals surface area contributed by atoms with Gasteiger partial charge in [0, 0.05) is 33.2 Å². The van der Waals surface area contributed by atoms with Crippen molar-refractivity contribution in [2.45, 2.75) is 18.9 Å². The number of nitrogens with zero attached hydrogens (tertiary/aromatic N) is 4. The van der Waals surface area contributed by atoms with Crippen LogP contribution in [0.2, 0.25) is 0 Å². The molecule has 1 atom stereocenters. The van der Waals surface area contributed by atoms with Crippen molar-refractivity contribution >= 4 is 17.7 Å². The number of anilines is 2. The van der Waals surface area contributed by atoms with Gasteiger partial charge in [-0.05, 0) is 12.8 Å². The van der Waals surface area contributed by atoms with Gasteiger partial charge in [0.15, 0.2) is 11.6 Å². The van der Waals surface area contributed by atoms with Crippen LogP contribution in [0.5, 0.6) is 0 Å². The molecule has 0 aromatic carbocycles. The van der Waals surface area contributed by atoms with Crippen LogP contribution in [-0.2, 0) is 9.53 Å². The summed E-state index contributed by atoms with van der Waals surface area (Å²) < 4.78 is 19.3. The zero-order chi connectivity index (χ0) is 15.5. The fraction of sp³-hybridized carbons (Fsp3) is 0.643. The zero-order valence-electron chi connectivity index (χ0n) is 12.6. The van der Waals surface area contributed by atoms with Crippen LogP contribution in [0.3, 0.4) is 0 Å². The fourth-order valence-electron chi connectivity index (χ4n) is 2.68. The normalized spacial score (nSPS) is 22.3. The van der Waals surface area contributed by atoms with Crippen LogP contribution in [0, 0.1) is 5.82 Å². The topological polar surface area (TPSA) is 70.6 Å². The second-order valence-electron chi connectivity index (χ2n) is 5.65. The van der Waals surface area contributed by atoms with Crippen molar-refractivity contribution in [1.29, 1.82) is 0 Å². The molecule has 1 aromatic heterocycles. The van der Waals surface area contributed by atoms with Crippen LogP contribution in [0.15, 0.2) is 6.20 Å². The number of amides is 1. The van der Waals surface area contributed by atoms with E-state index in [0.29, 0.717) is 24.9 Å². The minimum atomic E-state index is -0.397. The van der Waals surface area contributed by atoms with Crippen LogP contribution in [0.25, 0.3) is 0 Å². The molecule has 120 valence electrons. The summed E-state index contributed by atoms with van der Waals surface area (Å²) in [5.41, 5.74) is 0. The highest BCUT2D eigenvalue weighted by Gasteiger charge is 2.24. The molecule has 0 saturated carbocycles. The number of rotatable bonds is 4. The largest absolute Gasteiger partial charge is 0.365 e. The monoisotopic (exact) mass is 309 g/mol. The lowest BCUT2D eigenvalue weighted by Crippen LogP contribution is -2.46. The van der Waals surface area contributed by atoms with Crippen molar-refractivity contribution in [3.05, 3.63) is 12.0 Å².